The van der Waals surface area contributed by atoms with Crippen molar-refractivity contribution in [1.82, 2.24) is 13.9 Å². The van der Waals surface area contributed by atoms with Gasteiger partial charge in [-0.15, -0.1) is 0 Å². The molecule has 7 heteroatoms. The highest BCUT2D eigenvalue weighted by atomic mass is 32.2. The van der Waals surface area contributed by atoms with Crippen molar-refractivity contribution in [3.8, 4) is 0 Å². The summed E-state index contributed by atoms with van der Waals surface area (Å²) in [4.78, 5) is 12.4. The van der Waals surface area contributed by atoms with Crippen LogP contribution in [0.1, 0.15) is 38.5 Å². The fourth-order valence-electron chi connectivity index (χ4n) is 4.30. The zero-order chi connectivity index (χ0) is 15.9. The molecule has 0 spiro atoms. The van der Waals surface area contributed by atoms with Crippen LogP contribution in [0, 0.1) is 17.8 Å². The molecule has 3 atom stereocenters. The Kier molecular flexibility index (Phi) is 4.49. The van der Waals surface area contributed by atoms with Crippen molar-refractivity contribution in [2.75, 3.05) is 27.2 Å². The van der Waals surface area contributed by atoms with Crippen molar-refractivity contribution in [3.05, 3.63) is 0 Å². The monoisotopic (exact) mass is 329 g/mol. The number of amides is 1. The van der Waals surface area contributed by atoms with E-state index in [2.05, 4.69) is 5.32 Å². The highest BCUT2D eigenvalue weighted by Gasteiger charge is 2.41. The van der Waals surface area contributed by atoms with E-state index < -0.39 is 10.2 Å². The largest absolute Gasteiger partial charge is 0.353 e. The van der Waals surface area contributed by atoms with Crippen LogP contribution in [0.2, 0.25) is 0 Å². The smallest absolute Gasteiger partial charge is 0.281 e. The standard InChI is InChI=1S/C15H27N3O3S/c1-17(2)22(20,21)18-7-5-12(6-8-18)15(19)16-14-10-11-3-4-13(14)9-11/h11-14H,3-10H2,1-2H3,(H,16,19)/t11-,13-,14-/m0/s1. The van der Waals surface area contributed by atoms with Crippen LogP contribution in [0.15, 0.2) is 0 Å². The number of fused-ring (bicyclic) bond motifs is 2. The molecule has 126 valence electrons. The molecule has 3 fully saturated rings. The van der Waals surface area contributed by atoms with Crippen molar-refractivity contribution in [2.45, 2.75) is 44.6 Å². The Morgan fingerprint density at radius 1 is 1.09 bits per heavy atom. The summed E-state index contributed by atoms with van der Waals surface area (Å²) in [6.45, 7) is 0.880. The van der Waals surface area contributed by atoms with E-state index in [1.54, 1.807) is 14.1 Å². The predicted octanol–water partition coefficient (Wildman–Crippen LogP) is 0.810. The molecule has 1 aliphatic heterocycles. The van der Waals surface area contributed by atoms with Gasteiger partial charge < -0.3 is 5.32 Å². The third kappa shape index (κ3) is 3.03. The first kappa shape index (κ1) is 16.2. The second-order valence-corrected chi connectivity index (χ2v) is 9.40. The molecule has 6 nitrogen and oxygen atoms in total. The minimum absolute atomic E-state index is 0.0345. The van der Waals surface area contributed by atoms with Crippen LogP contribution >= 0.6 is 0 Å². The molecule has 0 aromatic heterocycles. The molecule has 0 aromatic carbocycles. The maximum absolute atomic E-state index is 12.4. The zero-order valence-electron chi connectivity index (χ0n) is 13.5. The summed E-state index contributed by atoms with van der Waals surface area (Å²) in [6, 6.07) is 0.370. The average molecular weight is 329 g/mol. The van der Waals surface area contributed by atoms with Crippen LogP contribution in [0.5, 0.6) is 0 Å². The molecule has 2 saturated carbocycles. The predicted molar refractivity (Wildman–Crippen MR) is 84.3 cm³/mol. The summed E-state index contributed by atoms with van der Waals surface area (Å²) in [6.07, 6.45) is 6.27. The first-order valence-corrected chi connectivity index (χ1v) is 9.75. The summed E-state index contributed by atoms with van der Waals surface area (Å²) in [5.41, 5.74) is 0. The SMILES string of the molecule is CN(C)S(=O)(=O)N1CCC(C(=O)N[C@H]2C[C@H]3CC[C@H]2C3)CC1. The van der Waals surface area contributed by atoms with Crippen LogP contribution < -0.4 is 5.32 Å². The lowest BCUT2D eigenvalue weighted by molar-refractivity contribution is -0.127. The Labute approximate surface area is 133 Å². The molecular formula is C15H27N3O3S. The van der Waals surface area contributed by atoms with Gasteiger partial charge in [0.2, 0.25) is 5.91 Å². The van der Waals surface area contributed by atoms with Gasteiger partial charge in [0, 0.05) is 39.1 Å². The highest BCUT2D eigenvalue weighted by Crippen LogP contribution is 2.44. The summed E-state index contributed by atoms with van der Waals surface area (Å²) in [5.74, 6) is 1.61. The molecule has 22 heavy (non-hydrogen) atoms. The Morgan fingerprint density at radius 3 is 2.27 bits per heavy atom. The molecule has 0 unspecified atom stereocenters. The minimum atomic E-state index is -3.34. The maximum Gasteiger partial charge on any atom is 0.281 e. The molecule has 3 rings (SSSR count). The van der Waals surface area contributed by atoms with Crippen molar-refractivity contribution in [3.63, 3.8) is 0 Å². The van der Waals surface area contributed by atoms with E-state index in [1.807, 2.05) is 0 Å². The van der Waals surface area contributed by atoms with E-state index in [0.717, 1.165) is 12.3 Å². The number of hydrogen-bond donors (Lipinski definition) is 1. The van der Waals surface area contributed by atoms with Gasteiger partial charge in [-0.1, -0.05) is 6.42 Å². The van der Waals surface area contributed by atoms with Crippen LogP contribution in [0.4, 0.5) is 0 Å². The van der Waals surface area contributed by atoms with Crippen LogP contribution in [0.3, 0.4) is 0 Å². The van der Waals surface area contributed by atoms with Crippen LogP contribution in [0.25, 0.3) is 0 Å². The van der Waals surface area contributed by atoms with Crippen molar-refractivity contribution < 1.29 is 13.2 Å². The Bertz CT molecular complexity index is 526. The zero-order valence-corrected chi connectivity index (χ0v) is 14.3. The Hall–Kier alpha value is -0.660. The second-order valence-electron chi connectivity index (χ2n) is 7.25. The van der Waals surface area contributed by atoms with Gasteiger partial charge >= 0.3 is 0 Å². The lowest BCUT2D eigenvalue weighted by Crippen LogP contribution is -2.48. The third-order valence-electron chi connectivity index (χ3n) is 5.68. The van der Waals surface area contributed by atoms with E-state index >= 15 is 0 Å². The quantitative estimate of drug-likeness (QED) is 0.830. The number of carbonyl (C=O) groups excluding carboxylic acids is 1. The van der Waals surface area contributed by atoms with Gasteiger partial charge in [-0.05, 0) is 43.9 Å². The highest BCUT2D eigenvalue weighted by molar-refractivity contribution is 7.86. The average Bonchev–Trinajstić information content (AvgIpc) is 3.09. The molecule has 0 aromatic rings. The van der Waals surface area contributed by atoms with Crippen molar-refractivity contribution >= 4 is 16.1 Å². The number of nitrogens with one attached hydrogen (secondary N) is 1. The van der Waals surface area contributed by atoms with Crippen LogP contribution in [-0.2, 0) is 15.0 Å². The Balaban J connectivity index is 1.50. The van der Waals surface area contributed by atoms with Gasteiger partial charge in [0.05, 0.1) is 0 Å². The van der Waals surface area contributed by atoms with Crippen molar-refractivity contribution in [2.24, 2.45) is 17.8 Å². The summed E-state index contributed by atoms with van der Waals surface area (Å²) in [5, 5.41) is 3.24. The van der Waals surface area contributed by atoms with Gasteiger partial charge in [0.25, 0.3) is 10.2 Å². The molecule has 2 bridgehead atoms. The number of hydrogen-bond acceptors (Lipinski definition) is 3. The van der Waals surface area contributed by atoms with Gasteiger partial charge in [-0.3, -0.25) is 4.79 Å². The molecular weight excluding hydrogens is 302 g/mol. The lowest BCUT2D eigenvalue weighted by atomic mass is 9.93. The third-order valence-corrected chi connectivity index (χ3v) is 7.62. The topological polar surface area (TPSA) is 69.7 Å². The van der Waals surface area contributed by atoms with Gasteiger partial charge in [0.1, 0.15) is 0 Å². The molecule has 0 radical (unpaired) electrons. The second kappa shape index (κ2) is 6.09. The van der Waals surface area contributed by atoms with E-state index in [0.29, 0.717) is 37.9 Å². The maximum atomic E-state index is 12.4. The van der Waals surface area contributed by atoms with Crippen LogP contribution in [-0.4, -0.2) is 56.2 Å². The Morgan fingerprint density at radius 2 is 1.77 bits per heavy atom. The molecule has 1 amide bonds. The first-order valence-electron chi connectivity index (χ1n) is 8.36. The van der Waals surface area contributed by atoms with E-state index in [-0.39, 0.29) is 11.8 Å². The molecule has 1 heterocycles. The van der Waals surface area contributed by atoms with Gasteiger partial charge in [0.15, 0.2) is 0 Å². The summed E-state index contributed by atoms with van der Waals surface area (Å²) >= 11 is 0. The number of rotatable bonds is 4. The van der Waals surface area contributed by atoms with E-state index in [4.69, 9.17) is 0 Å². The van der Waals surface area contributed by atoms with E-state index in [1.165, 1.54) is 27.9 Å². The number of piperidine rings is 1. The normalized spacial score (nSPS) is 33.5. The first-order chi connectivity index (χ1) is 10.4. The summed E-state index contributed by atoms with van der Waals surface area (Å²) in [7, 11) is -0.254. The van der Waals surface area contributed by atoms with E-state index in [9.17, 15) is 13.2 Å². The molecule has 2 aliphatic carbocycles. The van der Waals surface area contributed by atoms with Crippen molar-refractivity contribution in [1.29, 1.82) is 0 Å². The minimum Gasteiger partial charge on any atom is -0.353 e. The van der Waals surface area contributed by atoms with Gasteiger partial charge in [-0.25, -0.2) is 0 Å². The molecule has 3 aliphatic rings. The lowest BCUT2D eigenvalue weighted by Gasteiger charge is -2.33. The fraction of sp³-hybridized carbons (Fsp3) is 0.933. The molecule has 1 saturated heterocycles. The van der Waals surface area contributed by atoms with Gasteiger partial charge in [-0.2, -0.15) is 17.0 Å². The fourth-order valence-corrected chi connectivity index (χ4v) is 5.44. The molecule has 1 N–H and O–H groups in total. The summed E-state index contributed by atoms with van der Waals surface area (Å²) < 4.78 is 26.9. The number of carbonyl (C=O) groups is 1. The number of nitrogens with zero attached hydrogens (tertiary/aromatic N) is 2.